The van der Waals surface area contributed by atoms with Crippen molar-refractivity contribution in [1.29, 1.82) is 0 Å². The lowest BCUT2D eigenvalue weighted by molar-refractivity contribution is -0.139. The van der Waals surface area contributed by atoms with E-state index in [0.29, 0.717) is 10.6 Å². The summed E-state index contributed by atoms with van der Waals surface area (Å²) in [4.78, 5) is 30.6. The molecule has 5 nitrogen and oxygen atoms in total. The molecule has 0 unspecified atom stereocenters. The van der Waals surface area contributed by atoms with E-state index in [2.05, 4.69) is 4.98 Å². The highest BCUT2D eigenvalue weighted by atomic mass is 32.1. The molecule has 1 amide bonds. The van der Waals surface area contributed by atoms with Gasteiger partial charge in [-0.2, -0.15) is 0 Å². The number of rotatable bonds is 6. The van der Waals surface area contributed by atoms with E-state index >= 15 is 0 Å². The van der Waals surface area contributed by atoms with Gasteiger partial charge in [0.1, 0.15) is 10.8 Å². The van der Waals surface area contributed by atoms with Crippen LogP contribution in [0.25, 0.3) is 10.6 Å². The smallest absolute Gasteiger partial charge is 0.358 e. The van der Waals surface area contributed by atoms with E-state index in [0.717, 1.165) is 11.1 Å². The van der Waals surface area contributed by atoms with Crippen molar-refractivity contribution in [3.05, 3.63) is 76.5 Å². The van der Waals surface area contributed by atoms with Crippen LogP contribution in [-0.4, -0.2) is 34.9 Å². The second kappa shape index (κ2) is 8.96. The number of thiazole rings is 1. The Kier molecular flexibility index (Phi) is 6.39. The van der Waals surface area contributed by atoms with E-state index in [1.165, 1.54) is 35.3 Å². The van der Waals surface area contributed by atoms with Crippen molar-refractivity contribution in [2.24, 2.45) is 0 Å². The standard InChI is InChI=1S/C22H21FN2O3S/c1-14-7-9-17(10-8-14)20-24-19(13-29-20)22(27)28-15(2)21(26)25(3)12-16-5-4-6-18(23)11-16/h4-11,13,15H,12H2,1-3H3/t15-/m1/s1. The number of likely N-dealkylation sites (N-methyl/N-ethyl adjacent to an activating group) is 1. The van der Waals surface area contributed by atoms with Crippen molar-refractivity contribution in [3.63, 3.8) is 0 Å². The van der Waals surface area contributed by atoms with Gasteiger partial charge in [0.25, 0.3) is 5.91 Å². The molecule has 0 spiro atoms. The zero-order valence-electron chi connectivity index (χ0n) is 16.4. The zero-order valence-corrected chi connectivity index (χ0v) is 17.2. The quantitative estimate of drug-likeness (QED) is 0.561. The summed E-state index contributed by atoms with van der Waals surface area (Å²) in [6, 6.07) is 13.9. The van der Waals surface area contributed by atoms with Gasteiger partial charge >= 0.3 is 5.97 Å². The predicted molar refractivity (Wildman–Crippen MR) is 110 cm³/mol. The summed E-state index contributed by atoms with van der Waals surface area (Å²) in [5.74, 6) is -1.40. The molecule has 3 aromatic rings. The van der Waals surface area contributed by atoms with Crippen molar-refractivity contribution in [2.45, 2.75) is 26.5 Å². The fourth-order valence-corrected chi connectivity index (χ4v) is 3.56. The zero-order chi connectivity index (χ0) is 21.0. The maximum absolute atomic E-state index is 13.3. The van der Waals surface area contributed by atoms with Crippen molar-refractivity contribution < 1.29 is 18.7 Å². The maximum Gasteiger partial charge on any atom is 0.358 e. The Balaban J connectivity index is 1.61. The minimum absolute atomic E-state index is 0.165. The van der Waals surface area contributed by atoms with Crippen molar-refractivity contribution in [2.75, 3.05) is 7.05 Å². The average Bonchev–Trinajstić information content (AvgIpc) is 3.18. The third kappa shape index (κ3) is 5.26. The molecule has 0 N–H and O–H groups in total. The van der Waals surface area contributed by atoms with Gasteiger partial charge in [-0.3, -0.25) is 4.79 Å². The van der Waals surface area contributed by atoms with Crippen LogP contribution >= 0.6 is 11.3 Å². The minimum atomic E-state index is -0.981. The van der Waals surface area contributed by atoms with Crippen LogP contribution in [-0.2, 0) is 16.1 Å². The first-order valence-electron chi connectivity index (χ1n) is 9.06. The molecule has 2 aromatic carbocycles. The summed E-state index contributed by atoms with van der Waals surface area (Å²) >= 11 is 1.34. The molecule has 0 aliphatic rings. The van der Waals surface area contributed by atoms with E-state index < -0.39 is 12.1 Å². The molecule has 0 aliphatic carbocycles. The number of ether oxygens (including phenoxy) is 1. The van der Waals surface area contributed by atoms with Crippen LogP contribution in [0.3, 0.4) is 0 Å². The molecule has 1 heterocycles. The first kappa shape index (κ1) is 20.7. The molecule has 0 radical (unpaired) electrons. The lowest BCUT2D eigenvalue weighted by Crippen LogP contribution is -2.37. The third-order valence-corrected chi connectivity index (χ3v) is 5.22. The van der Waals surface area contributed by atoms with Crippen molar-refractivity contribution in [1.82, 2.24) is 9.88 Å². The summed E-state index contributed by atoms with van der Waals surface area (Å²) in [6.45, 7) is 3.72. The van der Waals surface area contributed by atoms with Gasteiger partial charge in [0.15, 0.2) is 11.8 Å². The number of nitrogens with zero attached hydrogens (tertiary/aromatic N) is 2. The molecule has 150 valence electrons. The number of hydrogen-bond acceptors (Lipinski definition) is 5. The first-order chi connectivity index (χ1) is 13.8. The Morgan fingerprint density at radius 1 is 1.21 bits per heavy atom. The van der Waals surface area contributed by atoms with Crippen LogP contribution in [0.1, 0.15) is 28.5 Å². The fourth-order valence-electron chi connectivity index (χ4n) is 2.77. The van der Waals surface area contributed by atoms with E-state index in [9.17, 15) is 14.0 Å². The number of halogens is 1. The van der Waals surface area contributed by atoms with Gasteiger partial charge in [0.2, 0.25) is 0 Å². The van der Waals surface area contributed by atoms with Gasteiger partial charge in [-0.1, -0.05) is 42.0 Å². The number of esters is 1. The molecule has 29 heavy (non-hydrogen) atoms. The molecule has 7 heteroatoms. The molecule has 1 aromatic heterocycles. The number of aromatic nitrogens is 1. The summed E-state index contributed by atoms with van der Waals surface area (Å²) in [7, 11) is 1.58. The second-order valence-electron chi connectivity index (χ2n) is 6.78. The second-order valence-corrected chi connectivity index (χ2v) is 7.63. The van der Waals surface area contributed by atoms with Gasteiger partial charge in [-0.25, -0.2) is 14.2 Å². The van der Waals surface area contributed by atoms with Gasteiger partial charge in [-0.15, -0.1) is 11.3 Å². The SMILES string of the molecule is Cc1ccc(-c2nc(C(=O)O[C@H](C)C(=O)N(C)Cc3cccc(F)c3)cs2)cc1. The number of benzene rings is 2. The van der Waals surface area contributed by atoms with E-state index in [4.69, 9.17) is 4.74 Å². The third-order valence-electron chi connectivity index (χ3n) is 4.33. The molecule has 0 bridgehead atoms. The van der Waals surface area contributed by atoms with Crippen LogP contribution in [0.5, 0.6) is 0 Å². The van der Waals surface area contributed by atoms with Crippen LogP contribution in [0.15, 0.2) is 53.9 Å². The number of aryl methyl sites for hydroxylation is 1. The first-order valence-corrected chi connectivity index (χ1v) is 9.94. The molecular weight excluding hydrogens is 391 g/mol. The van der Waals surface area contributed by atoms with Crippen molar-refractivity contribution >= 4 is 23.2 Å². The van der Waals surface area contributed by atoms with Gasteiger partial charge < -0.3 is 9.64 Å². The normalized spacial score (nSPS) is 11.7. The van der Waals surface area contributed by atoms with E-state index in [1.807, 2.05) is 31.2 Å². The Labute approximate surface area is 172 Å². The van der Waals surface area contributed by atoms with E-state index in [-0.39, 0.29) is 24.0 Å². The molecule has 0 aliphatic heterocycles. The van der Waals surface area contributed by atoms with E-state index in [1.54, 1.807) is 24.6 Å². The van der Waals surface area contributed by atoms with Crippen LogP contribution in [0.2, 0.25) is 0 Å². The monoisotopic (exact) mass is 412 g/mol. The Morgan fingerprint density at radius 2 is 1.93 bits per heavy atom. The number of carbonyl (C=O) groups is 2. The molecule has 3 rings (SSSR count). The number of carbonyl (C=O) groups excluding carboxylic acids is 2. The highest BCUT2D eigenvalue weighted by Gasteiger charge is 2.24. The van der Waals surface area contributed by atoms with Crippen molar-refractivity contribution in [3.8, 4) is 10.6 Å². The van der Waals surface area contributed by atoms with Gasteiger partial charge in [-0.05, 0) is 31.5 Å². The highest BCUT2D eigenvalue weighted by molar-refractivity contribution is 7.13. The van der Waals surface area contributed by atoms with Crippen LogP contribution in [0, 0.1) is 12.7 Å². The molecule has 0 fully saturated rings. The molecule has 0 saturated heterocycles. The van der Waals surface area contributed by atoms with Gasteiger partial charge in [0, 0.05) is 24.5 Å². The molecule has 0 saturated carbocycles. The summed E-state index contributed by atoms with van der Waals surface area (Å²) in [5.41, 5.74) is 2.87. The summed E-state index contributed by atoms with van der Waals surface area (Å²) in [6.07, 6.45) is -0.981. The Hall–Kier alpha value is -3.06. The number of amides is 1. The predicted octanol–water partition coefficient (Wildman–Crippen LogP) is 4.46. The fraction of sp³-hybridized carbons (Fsp3) is 0.227. The largest absolute Gasteiger partial charge is 0.448 e. The average molecular weight is 412 g/mol. The Bertz CT molecular complexity index is 1020. The van der Waals surface area contributed by atoms with Gasteiger partial charge in [0.05, 0.1) is 0 Å². The maximum atomic E-state index is 13.3. The molecule has 1 atom stereocenters. The summed E-state index contributed by atoms with van der Waals surface area (Å²) < 4.78 is 18.6. The minimum Gasteiger partial charge on any atom is -0.448 e. The van der Waals surface area contributed by atoms with Crippen LogP contribution in [0.4, 0.5) is 4.39 Å². The Morgan fingerprint density at radius 3 is 2.62 bits per heavy atom. The molecular formula is C22H21FN2O3S. The topological polar surface area (TPSA) is 59.5 Å². The van der Waals surface area contributed by atoms with Crippen LogP contribution < -0.4 is 0 Å². The summed E-state index contributed by atoms with van der Waals surface area (Å²) in [5, 5.41) is 2.32. The lowest BCUT2D eigenvalue weighted by Gasteiger charge is -2.21. The highest BCUT2D eigenvalue weighted by Crippen LogP contribution is 2.24. The number of hydrogen-bond donors (Lipinski definition) is 0. The lowest BCUT2D eigenvalue weighted by atomic mass is 10.2.